The van der Waals surface area contributed by atoms with Gasteiger partial charge in [-0.3, -0.25) is 0 Å². The molecule has 1 radical (unpaired) electrons. The minimum atomic E-state index is 0.647. The van der Waals surface area contributed by atoms with E-state index >= 15 is 0 Å². The van der Waals surface area contributed by atoms with E-state index in [1.807, 2.05) is 35.9 Å². The molecule has 0 aliphatic carbocycles. The molecule has 71 valence electrons. The standard InChI is InChI=1S/C11H8Cl2N/c1-14-4-2-3-11(14)8-5-9(12)7-10(13)6-8/h2-3,5-7H,1H3. The lowest BCUT2D eigenvalue weighted by atomic mass is 10.1. The van der Waals surface area contributed by atoms with E-state index in [1.165, 1.54) is 0 Å². The van der Waals surface area contributed by atoms with Gasteiger partial charge in [-0.2, -0.15) is 0 Å². The van der Waals surface area contributed by atoms with Crippen LogP contribution in [0.5, 0.6) is 0 Å². The summed E-state index contributed by atoms with van der Waals surface area (Å²) in [7, 11) is 1.93. The predicted molar refractivity (Wildman–Crippen MR) is 59.7 cm³/mol. The molecule has 2 rings (SSSR count). The van der Waals surface area contributed by atoms with Crippen LogP contribution in [0.25, 0.3) is 11.3 Å². The Morgan fingerprint density at radius 2 is 1.79 bits per heavy atom. The Morgan fingerprint density at radius 3 is 2.29 bits per heavy atom. The second-order valence-electron chi connectivity index (χ2n) is 3.06. The summed E-state index contributed by atoms with van der Waals surface area (Å²) in [6.45, 7) is 0. The number of aryl methyl sites for hydroxylation is 1. The van der Waals surface area contributed by atoms with Crippen molar-refractivity contribution in [2.24, 2.45) is 7.05 Å². The third-order valence-electron chi connectivity index (χ3n) is 2.03. The fraction of sp³-hybridized carbons (Fsp3) is 0.0909. The van der Waals surface area contributed by atoms with E-state index < -0.39 is 0 Å². The van der Waals surface area contributed by atoms with E-state index in [9.17, 15) is 0 Å². The zero-order valence-electron chi connectivity index (χ0n) is 7.59. The molecular formula is C11H8Cl2N. The predicted octanol–water partition coefficient (Wildman–Crippen LogP) is 3.80. The highest BCUT2D eigenvalue weighted by Gasteiger charge is 2.03. The van der Waals surface area contributed by atoms with Gasteiger partial charge in [-0.25, -0.2) is 0 Å². The Hall–Kier alpha value is -0.920. The van der Waals surface area contributed by atoms with Crippen molar-refractivity contribution in [3.05, 3.63) is 46.6 Å². The maximum Gasteiger partial charge on any atom is 0.0650 e. The third kappa shape index (κ3) is 1.79. The van der Waals surface area contributed by atoms with Crippen LogP contribution in [-0.2, 0) is 7.05 Å². The summed E-state index contributed by atoms with van der Waals surface area (Å²) in [5.41, 5.74) is 2.06. The molecule has 0 aliphatic rings. The van der Waals surface area contributed by atoms with Crippen LogP contribution in [0.1, 0.15) is 0 Å². The molecule has 0 fully saturated rings. The Morgan fingerprint density at radius 1 is 1.14 bits per heavy atom. The highest BCUT2D eigenvalue weighted by atomic mass is 35.5. The first-order valence-electron chi connectivity index (χ1n) is 4.17. The van der Waals surface area contributed by atoms with Gasteiger partial charge in [0.05, 0.1) is 6.20 Å². The van der Waals surface area contributed by atoms with Crippen LogP contribution >= 0.6 is 23.2 Å². The number of benzene rings is 1. The first-order valence-corrected chi connectivity index (χ1v) is 4.92. The average molecular weight is 225 g/mol. The van der Waals surface area contributed by atoms with Gasteiger partial charge in [-0.05, 0) is 30.3 Å². The quantitative estimate of drug-likeness (QED) is 0.695. The molecule has 0 N–H and O–H groups in total. The lowest BCUT2D eigenvalue weighted by Crippen LogP contribution is -1.89. The molecule has 0 amide bonds. The van der Waals surface area contributed by atoms with Crippen LogP contribution in [0.2, 0.25) is 10.0 Å². The molecule has 1 aromatic heterocycles. The summed E-state index contributed by atoms with van der Waals surface area (Å²) < 4.78 is 1.90. The number of aromatic nitrogens is 1. The van der Waals surface area contributed by atoms with Crippen LogP contribution < -0.4 is 0 Å². The molecule has 0 unspecified atom stereocenters. The molecule has 3 heteroatoms. The number of nitrogens with zero attached hydrogens (tertiary/aromatic N) is 1. The van der Waals surface area contributed by atoms with E-state index in [-0.39, 0.29) is 0 Å². The Kier molecular flexibility index (Phi) is 2.53. The summed E-state index contributed by atoms with van der Waals surface area (Å²) in [4.78, 5) is 0. The Labute approximate surface area is 92.9 Å². The first-order chi connectivity index (χ1) is 6.66. The fourth-order valence-electron chi connectivity index (χ4n) is 1.40. The molecule has 2 aromatic rings. The van der Waals surface area contributed by atoms with Gasteiger partial charge in [-0.15, -0.1) is 0 Å². The van der Waals surface area contributed by atoms with E-state index in [0.29, 0.717) is 10.0 Å². The van der Waals surface area contributed by atoms with Gasteiger partial charge in [-0.1, -0.05) is 23.2 Å². The SMILES string of the molecule is Cn1[c]ccc1-c1cc(Cl)cc(Cl)c1. The summed E-state index contributed by atoms with van der Waals surface area (Å²) in [6, 6.07) is 9.33. The van der Waals surface area contributed by atoms with Crippen molar-refractivity contribution in [3.8, 4) is 11.3 Å². The summed E-state index contributed by atoms with van der Waals surface area (Å²) in [5, 5.41) is 1.29. The Balaban J connectivity index is 2.57. The summed E-state index contributed by atoms with van der Waals surface area (Å²) in [6.07, 6.45) is 3.04. The van der Waals surface area contributed by atoms with Gasteiger partial charge >= 0.3 is 0 Å². The highest BCUT2D eigenvalue weighted by molar-refractivity contribution is 6.35. The molecule has 1 heterocycles. The van der Waals surface area contributed by atoms with Crippen molar-refractivity contribution in [3.63, 3.8) is 0 Å². The van der Waals surface area contributed by atoms with Crippen molar-refractivity contribution in [2.75, 3.05) is 0 Å². The molecule has 0 saturated heterocycles. The first kappa shape index (κ1) is 9.63. The molecule has 1 nitrogen and oxygen atoms in total. The minimum Gasteiger partial charge on any atom is -0.342 e. The van der Waals surface area contributed by atoms with E-state index in [1.54, 1.807) is 6.07 Å². The van der Waals surface area contributed by atoms with Gasteiger partial charge < -0.3 is 4.57 Å². The van der Waals surface area contributed by atoms with Gasteiger partial charge in [0.15, 0.2) is 0 Å². The second-order valence-corrected chi connectivity index (χ2v) is 3.94. The van der Waals surface area contributed by atoms with Crippen LogP contribution in [0, 0.1) is 6.20 Å². The van der Waals surface area contributed by atoms with Crippen molar-refractivity contribution in [1.82, 2.24) is 4.57 Å². The molecule has 0 bridgehead atoms. The molecule has 0 aliphatic heterocycles. The zero-order chi connectivity index (χ0) is 10.1. The highest BCUT2D eigenvalue weighted by Crippen LogP contribution is 2.26. The largest absolute Gasteiger partial charge is 0.342 e. The van der Waals surface area contributed by atoms with Gasteiger partial charge in [0, 0.05) is 28.4 Å². The zero-order valence-corrected chi connectivity index (χ0v) is 9.10. The van der Waals surface area contributed by atoms with E-state index in [2.05, 4.69) is 6.20 Å². The summed E-state index contributed by atoms with van der Waals surface area (Å²) >= 11 is 11.8. The fourth-order valence-corrected chi connectivity index (χ4v) is 1.93. The number of hydrogen-bond acceptors (Lipinski definition) is 0. The second kappa shape index (κ2) is 3.68. The summed E-state index contributed by atoms with van der Waals surface area (Å²) in [5.74, 6) is 0. The van der Waals surface area contributed by atoms with Crippen molar-refractivity contribution in [1.29, 1.82) is 0 Å². The van der Waals surface area contributed by atoms with Crippen molar-refractivity contribution >= 4 is 23.2 Å². The van der Waals surface area contributed by atoms with Crippen LogP contribution in [-0.4, -0.2) is 4.57 Å². The van der Waals surface area contributed by atoms with E-state index in [0.717, 1.165) is 11.3 Å². The van der Waals surface area contributed by atoms with Crippen LogP contribution in [0.3, 0.4) is 0 Å². The minimum absolute atomic E-state index is 0.647. The van der Waals surface area contributed by atoms with Gasteiger partial charge in [0.1, 0.15) is 0 Å². The Bertz CT molecular complexity index is 440. The molecule has 1 aromatic carbocycles. The average Bonchev–Trinajstić information content (AvgIpc) is 2.49. The van der Waals surface area contributed by atoms with Gasteiger partial charge in [0.2, 0.25) is 0 Å². The van der Waals surface area contributed by atoms with Crippen LogP contribution in [0.4, 0.5) is 0 Å². The van der Waals surface area contributed by atoms with Gasteiger partial charge in [0.25, 0.3) is 0 Å². The lowest BCUT2D eigenvalue weighted by Gasteiger charge is -2.04. The normalized spacial score (nSPS) is 10.5. The maximum absolute atomic E-state index is 5.92. The smallest absolute Gasteiger partial charge is 0.0650 e. The molecule has 14 heavy (non-hydrogen) atoms. The topological polar surface area (TPSA) is 4.93 Å². The molecule has 0 spiro atoms. The number of hydrogen-bond donors (Lipinski definition) is 0. The van der Waals surface area contributed by atoms with Crippen LogP contribution in [0.15, 0.2) is 30.3 Å². The monoisotopic (exact) mass is 224 g/mol. The number of rotatable bonds is 1. The number of halogens is 2. The molecular weight excluding hydrogens is 217 g/mol. The third-order valence-corrected chi connectivity index (χ3v) is 2.47. The molecule has 0 saturated carbocycles. The van der Waals surface area contributed by atoms with E-state index in [4.69, 9.17) is 23.2 Å². The maximum atomic E-state index is 5.92. The molecule has 0 atom stereocenters. The lowest BCUT2D eigenvalue weighted by molar-refractivity contribution is 0.928. The van der Waals surface area contributed by atoms with Crippen molar-refractivity contribution in [2.45, 2.75) is 0 Å². The van der Waals surface area contributed by atoms with Crippen molar-refractivity contribution < 1.29 is 0 Å².